The molecule has 4 nitrogen and oxygen atoms in total. The van der Waals surface area contributed by atoms with E-state index in [1.165, 1.54) is 0 Å². The van der Waals surface area contributed by atoms with Crippen LogP contribution in [0.1, 0.15) is 55.4 Å². The van der Waals surface area contributed by atoms with E-state index in [-0.39, 0.29) is 43.3 Å². The molecular formula is C15H40O4SiZr. The third-order valence-electron chi connectivity index (χ3n) is 2.36. The van der Waals surface area contributed by atoms with Crippen LogP contribution in [0, 0.1) is 17.8 Å². The summed E-state index contributed by atoms with van der Waals surface area (Å²) in [5.74, 6) is 1.93. The summed E-state index contributed by atoms with van der Waals surface area (Å²) >= 11 is 0. The monoisotopic (exact) mass is 402 g/mol. The van der Waals surface area contributed by atoms with Crippen molar-refractivity contribution in [1.29, 1.82) is 0 Å². The normalized spacial score (nSPS) is 10.6. The third-order valence-corrected chi connectivity index (χ3v) is 7.09. The molecule has 0 aliphatic heterocycles. The maximum atomic E-state index is 10.7. The van der Waals surface area contributed by atoms with Gasteiger partial charge in [-0.15, -0.1) is 0 Å². The van der Waals surface area contributed by atoms with Gasteiger partial charge in [-0.05, 0) is 49.7 Å². The van der Waals surface area contributed by atoms with Crippen molar-refractivity contribution >= 4 is 8.32 Å². The molecule has 0 aromatic heterocycles. The van der Waals surface area contributed by atoms with E-state index in [1.54, 1.807) is 13.8 Å². The van der Waals surface area contributed by atoms with Crippen LogP contribution in [0.15, 0.2) is 0 Å². The molecule has 6 heteroatoms. The van der Waals surface area contributed by atoms with Gasteiger partial charge in [-0.25, -0.2) is 0 Å². The minimum absolute atomic E-state index is 0. The summed E-state index contributed by atoms with van der Waals surface area (Å²) in [5, 5.41) is 8.06. The average molecular weight is 404 g/mol. The van der Waals surface area contributed by atoms with Gasteiger partial charge in [0.1, 0.15) is 0 Å². The second-order valence-electron chi connectivity index (χ2n) is 7.11. The minimum Gasteiger partial charge on any atom is -0.432 e. The number of aliphatic hydroxyl groups is 1. The number of aliphatic hydroxyl groups excluding tert-OH is 1. The Morgan fingerprint density at radius 1 is 0.667 bits per heavy atom. The van der Waals surface area contributed by atoms with Crippen LogP contribution in [0.5, 0.6) is 0 Å². The Hall–Kier alpha value is 0.940. The van der Waals surface area contributed by atoms with E-state index in [0.717, 1.165) is 18.1 Å². The van der Waals surface area contributed by atoms with E-state index in [4.69, 9.17) is 5.11 Å². The van der Waals surface area contributed by atoms with Crippen molar-refractivity contribution in [3.63, 3.8) is 0 Å². The van der Waals surface area contributed by atoms with E-state index >= 15 is 0 Å². The summed E-state index contributed by atoms with van der Waals surface area (Å²) in [7, 11) is -1.94. The number of hydrogen-bond donors (Lipinski definition) is 2. The Labute approximate surface area is 152 Å². The third kappa shape index (κ3) is 29.6. The van der Waals surface area contributed by atoms with Crippen LogP contribution in [0.2, 0.25) is 18.1 Å². The summed E-state index contributed by atoms with van der Waals surface area (Å²) in [4.78, 5) is 10.7. The molecule has 0 rings (SSSR count). The molecule has 0 bridgehead atoms. The SMILES string of the molecule is CC(C)C[Si](O)(CC(C)C)CC(C)C.CC(C)O.O.O.[Zr]. The predicted octanol–water partition coefficient (Wildman–Crippen LogP) is 2.63. The van der Waals surface area contributed by atoms with Gasteiger partial charge in [-0.3, -0.25) is 0 Å². The Kier molecular flexibility index (Phi) is 27.6. The Morgan fingerprint density at radius 2 is 0.810 bits per heavy atom. The quantitative estimate of drug-likeness (QED) is 0.666. The first-order valence-electron chi connectivity index (χ1n) is 7.39. The van der Waals surface area contributed by atoms with Crippen LogP contribution < -0.4 is 0 Å². The number of hydrogen-bond acceptors (Lipinski definition) is 2. The topological polar surface area (TPSA) is 103 Å². The molecule has 0 unspecified atom stereocenters. The summed E-state index contributed by atoms with van der Waals surface area (Å²) < 4.78 is 0. The Balaban J connectivity index is -0.000000108. The molecule has 0 saturated heterocycles. The van der Waals surface area contributed by atoms with Crippen LogP contribution in [-0.2, 0) is 26.2 Å². The second kappa shape index (κ2) is 17.3. The molecule has 0 aromatic rings. The summed E-state index contributed by atoms with van der Waals surface area (Å²) in [6.45, 7) is 16.8. The fourth-order valence-electron chi connectivity index (χ4n) is 2.53. The van der Waals surface area contributed by atoms with Crippen molar-refractivity contribution < 1.29 is 47.1 Å². The zero-order valence-electron chi connectivity index (χ0n) is 15.3. The molecule has 0 radical (unpaired) electrons. The molecule has 0 aromatic carbocycles. The molecule has 0 spiro atoms. The largest absolute Gasteiger partial charge is 0.432 e. The smallest absolute Gasteiger partial charge is 0.189 e. The van der Waals surface area contributed by atoms with Crippen molar-refractivity contribution in [1.82, 2.24) is 0 Å². The van der Waals surface area contributed by atoms with Gasteiger partial charge in [-0.2, -0.15) is 0 Å². The summed E-state index contributed by atoms with van der Waals surface area (Å²) in [6.07, 6.45) is -0.167. The summed E-state index contributed by atoms with van der Waals surface area (Å²) in [6, 6.07) is 3.22. The fraction of sp³-hybridized carbons (Fsp3) is 1.00. The van der Waals surface area contributed by atoms with E-state index in [2.05, 4.69) is 41.5 Å². The van der Waals surface area contributed by atoms with Gasteiger partial charge < -0.3 is 20.9 Å². The standard InChI is InChI=1S/C12H28OSi.C3H8O.2H2O.Zr/c1-10(2)7-14(13,8-11(3)4)9-12(5)6;1-3(2)4;;;/h10-13H,7-9H2,1-6H3;3-4H,1-2H3;2*1H2;. The van der Waals surface area contributed by atoms with Gasteiger partial charge >= 0.3 is 0 Å². The van der Waals surface area contributed by atoms with Gasteiger partial charge in [0, 0.05) is 32.3 Å². The number of rotatable bonds is 6. The van der Waals surface area contributed by atoms with Crippen molar-refractivity contribution in [2.75, 3.05) is 0 Å². The van der Waals surface area contributed by atoms with Crippen LogP contribution in [0.3, 0.4) is 0 Å². The van der Waals surface area contributed by atoms with E-state index in [0.29, 0.717) is 17.8 Å². The molecule has 0 fully saturated rings. The first kappa shape index (κ1) is 33.5. The van der Waals surface area contributed by atoms with Crippen LogP contribution in [-0.4, -0.2) is 35.3 Å². The molecule has 0 aliphatic rings. The first-order valence-corrected chi connectivity index (χ1v) is 9.95. The molecule has 0 amide bonds. The van der Waals surface area contributed by atoms with Crippen molar-refractivity contribution in [3.8, 4) is 0 Å². The average Bonchev–Trinajstić information content (AvgIpc) is 1.94. The van der Waals surface area contributed by atoms with Gasteiger partial charge in [0.25, 0.3) is 0 Å². The molecular weight excluding hydrogens is 363 g/mol. The van der Waals surface area contributed by atoms with Gasteiger partial charge in [-0.1, -0.05) is 41.5 Å². The van der Waals surface area contributed by atoms with Gasteiger partial charge in [0.15, 0.2) is 8.32 Å². The van der Waals surface area contributed by atoms with Crippen LogP contribution >= 0.6 is 0 Å². The molecule has 132 valence electrons. The molecule has 0 saturated carbocycles. The minimum atomic E-state index is -1.94. The van der Waals surface area contributed by atoms with E-state index in [9.17, 15) is 4.80 Å². The van der Waals surface area contributed by atoms with Crippen LogP contribution in [0.4, 0.5) is 0 Å². The molecule has 0 atom stereocenters. The van der Waals surface area contributed by atoms with Crippen molar-refractivity contribution in [2.24, 2.45) is 17.8 Å². The van der Waals surface area contributed by atoms with Crippen molar-refractivity contribution in [2.45, 2.75) is 79.6 Å². The predicted molar refractivity (Wildman–Crippen MR) is 91.5 cm³/mol. The van der Waals surface area contributed by atoms with E-state index < -0.39 is 8.32 Å². The maximum absolute atomic E-state index is 10.7. The Bertz CT molecular complexity index is 171. The first-order chi connectivity index (χ1) is 7.98. The van der Waals surface area contributed by atoms with Gasteiger partial charge in [0.2, 0.25) is 0 Å². The van der Waals surface area contributed by atoms with Crippen LogP contribution in [0.25, 0.3) is 0 Å². The van der Waals surface area contributed by atoms with Crippen molar-refractivity contribution in [3.05, 3.63) is 0 Å². The zero-order chi connectivity index (χ0) is 14.9. The maximum Gasteiger partial charge on any atom is 0.189 e. The van der Waals surface area contributed by atoms with E-state index in [1.807, 2.05) is 0 Å². The summed E-state index contributed by atoms with van der Waals surface area (Å²) in [5.41, 5.74) is 0. The Morgan fingerprint density at radius 3 is 0.905 bits per heavy atom. The molecule has 0 aliphatic carbocycles. The zero-order valence-corrected chi connectivity index (χ0v) is 18.8. The molecule has 0 heterocycles. The van der Waals surface area contributed by atoms with Gasteiger partial charge in [0.05, 0.1) is 0 Å². The molecule has 6 N–H and O–H groups in total. The molecule has 21 heavy (non-hydrogen) atoms. The fourth-order valence-corrected chi connectivity index (χ4v) is 7.59. The second-order valence-corrected chi connectivity index (χ2v) is 10.8.